The lowest BCUT2D eigenvalue weighted by atomic mass is 9.98. The van der Waals surface area contributed by atoms with Gasteiger partial charge in [0.1, 0.15) is 0 Å². The van der Waals surface area contributed by atoms with E-state index in [9.17, 15) is 9.59 Å². The Morgan fingerprint density at radius 3 is 2.88 bits per heavy atom. The van der Waals surface area contributed by atoms with Crippen LogP contribution in [0, 0.1) is 6.92 Å². The monoisotopic (exact) mass is 357 g/mol. The lowest BCUT2D eigenvalue weighted by Crippen LogP contribution is -2.23. The van der Waals surface area contributed by atoms with Gasteiger partial charge in [-0.3, -0.25) is 14.5 Å². The van der Waals surface area contributed by atoms with Crippen LogP contribution in [0.25, 0.3) is 0 Å². The fourth-order valence-electron chi connectivity index (χ4n) is 3.04. The number of hydrogen-bond acceptors (Lipinski definition) is 4. The van der Waals surface area contributed by atoms with Crippen molar-refractivity contribution >= 4 is 34.0 Å². The van der Waals surface area contributed by atoms with Crippen LogP contribution in [0.15, 0.2) is 23.6 Å². The predicted molar refractivity (Wildman–Crippen MR) is 101 cm³/mol. The Balaban J connectivity index is 1.70. The fourth-order valence-corrected chi connectivity index (χ4v) is 3.91. The Morgan fingerprint density at radius 2 is 2.20 bits per heavy atom. The molecule has 2 heterocycles. The van der Waals surface area contributed by atoms with Gasteiger partial charge in [-0.2, -0.15) is 0 Å². The Hall–Kier alpha value is -2.21. The minimum atomic E-state index is -0.0826. The van der Waals surface area contributed by atoms with Crippen molar-refractivity contribution in [1.29, 1.82) is 0 Å². The van der Waals surface area contributed by atoms with Crippen LogP contribution >= 0.6 is 11.3 Å². The molecule has 1 N–H and O–H groups in total. The van der Waals surface area contributed by atoms with Crippen LogP contribution in [0.4, 0.5) is 10.8 Å². The number of thiazole rings is 1. The molecule has 0 unspecified atom stereocenters. The van der Waals surface area contributed by atoms with Crippen molar-refractivity contribution in [3.8, 4) is 0 Å². The van der Waals surface area contributed by atoms with Crippen LogP contribution in [0.3, 0.4) is 0 Å². The lowest BCUT2D eigenvalue weighted by molar-refractivity contribution is -0.117. The molecule has 0 spiro atoms. The first-order valence-corrected chi connectivity index (χ1v) is 9.48. The number of carbonyl (C=O) groups is 2. The highest BCUT2D eigenvalue weighted by Gasteiger charge is 2.24. The van der Waals surface area contributed by atoms with E-state index in [-0.39, 0.29) is 18.2 Å². The SMILES string of the molecule is Cc1cccc(C(C)C)c1NC(=O)Cc1csc(N2CCCC2=O)n1. The van der Waals surface area contributed by atoms with E-state index in [1.807, 2.05) is 30.5 Å². The summed E-state index contributed by atoms with van der Waals surface area (Å²) < 4.78 is 0. The standard InChI is InChI=1S/C19H23N3O2S/c1-12(2)15-7-4-6-13(3)18(15)21-16(23)10-14-11-25-19(20-14)22-9-5-8-17(22)24/h4,6-7,11-12H,5,8-10H2,1-3H3,(H,21,23). The largest absolute Gasteiger partial charge is 0.325 e. The van der Waals surface area contributed by atoms with Crippen LogP contribution in [0.2, 0.25) is 0 Å². The van der Waals surface area contributed by atoms with Gasteiger partial charge in [0.05, 0.1) is 12.1 Å². The third-order valence-corrected chi connectivity index (χ3v) is 5.29. The third-order valence-electron chi connectivity index (χ3n) is 4.38. The molecule has 2 aromatic rings. The molecule has 0 atom stereocenters. The molecule has 2 amide bonds. The van der Waals surface area contributed by atoms with Gasteiger partial charge in [0.25, 0.3) is 0 Å². The molecule has 6 heteroatoms. The summed E-state index contributed by atoms with van der Waals surface area (Å²) in [6, 6.07) is 6.06. The highest BCUT2D eigenvalue weighted by atomic mass is 32.1. The number of para-hydroxylation sites is 1. The number of aryl methyl sites for hydroxylation is 1. The molecule has 1 aromatic carbocycles. The van der Waals surface area contributed by atoms with Gasteiger partial charge in [-0.15, -0.1) is 11.3 Å². The van der Waals surface area contributed by atoms with E-state index in [1.165, 1.54) is 11.3 Å². The zero-order chi connectivity index (χ0) is 18.0. The molecular weight excluding hydrogens is 334 g/mol. The van der Waals surface area contributed by atoms with Crippen LogP contribution < -0.4 is 10.2 Å². The van der Waals surface area contributed by atoms with Crippen molar-refractivity contribution in [2.75, 3.05) is 16.8 Å². The Bertz CT molecular complexity index is 798. The summed E-state index contributed by atoms with van der Waals surface area (Å²) in [5.41, 5.74) is 3.79. The molecule has 0 saturated carbocycles. The number of rotatable bonds is 5. The summed E-state index contributed by atoms with van der Waals surface area (Å²) in [5, 5.41) is 5.60. The van der Waals surface area contributed by atoms with Crippen molar-refractivity contribution in [3.05, 3.63) is 40.4 Å². The molecule has 1 aliphatic rings. The zero-order valence-electron chi connectivity index (χ0n) is 14.8. The summed E-state index contributed by atoms with van der Waals surface area (Å²) in [5.74, 6) is 0.370. The minimum Gasteiger partial charge on any atom is -0.325 e. The molecule has 25 heavy (non-hydrogen) atoms. The molecule has 3 rings (SSSR count). The maximum Gasteiger partial charge on any atom is 0.230 e. The second-order valence-corrected chi connectivity index (χ2v) is 7.53. The smallest absolute Gasteiger partial charge is 0.230 e. The number of benzene rings is 1. The number of aromatic nitrogens is 1. The molecule has 132 valence electrons. The summed E-state index contributed by atoms with van der Waals surface area (Å²) in [6.45, 7) is 6.95. The van der Waals surface area contributed by atoms with E-state index in [1.54, 1.807) is 4.90 Å². The number of hydrogen-bond donors (Lipinski definition) is 1. The molecule has 0 radical (unpaired) electrons. The quantitative estimate of drug-likeness (QED) is 0.883. The van der Waals surface area contributed by atoms with Crippen LogP contribution in [0.5, 0.6) is 0 Å². The maximum absolute atomic E-state index is 12.5. The highest BCUT2D eigenvalue weighted by molar-refractivity contribution is 7.14. The first-order chi connectivity index (χ1) is 12.0. The Morgan fingerprint density at radius 1 is 1.40 bits per heavy atom. The maximum atomic E-state index is 12.5. The first kappa shape index (κ1) is 17.6. The van der Waals surface area contributed by atoms with Crippen molar-refractivity contribution < 1.29 is 9.59 Å². The number of anilines is 2. The highest BCUT2D eigenvalue weighted by Crippen LogP contribution is 2.28. The lowest BCUT2D eigenvalue weighted by Gasteiger charge is -2.16. The van der Waals surface area contributed by atoms with Crippen LogP contribution in [-0.4, -0.2) is 23.3 Å². The van der Waals surface area contributed by atoms with Gasteiger partial charge in [0.15, 0.2) is 5.13 Å². The molecule has 0 bridgehead atoms. The number of nitrogens with zero attached hydrogens (tertiary/aromatic N) is 2. The van der Waals surface area contributed by atoms with E-state index in [0.29, 0.717) is 23.2 Å². The van der Waals surface area contributed by atoms with Crippen molar-refractivity contribution in [2.24, 2.45) is 0 Å². The van der Waals surface area contributed by atoms with Gasteiger partial charge in [0, 0.05) is 24.0 Å². The van der Waals surface area contributed by atoms with Gasteiger partial charge < -0.3 is 5.32 Å². The Labute approximate surface area is 152 Å². The predicted octanol–water partition coefficient (Wildman–Crippen LogP) is 3.88. The van der Waals surface area contributed by atoms with Crippen molar-refractivity contribution in [3.63, 3.8) is 0 Å². The number of amides is 2. The second-order valence-electron chi connectivity index (χ2n) is 6.69. The summed E-state index contributed by atoms with van der Waals surface area (Å²) in [7, 11) is 0. The first-order valence-electron chi connectivity index (χ1n) is 8.60. The average Bonchev–Trinajstić information content (AvgIpc) is 3.17. The summed E-state index contributed by atoms with van der Waals surface area (Å²) in [6.07, 6.45) is 1.67. The van der Waals surface area contributed by atoms with Gasteiger partial charge >= 0.3 is 0 Å². The molecule has 0 aliphatic carbocycles. The number of nitrogens with one attached hydrogen (secondary N) is 1. The molecule has 1 saturated heterocycles. The van der Waals surface area contributed by atoms with E-state index < -0.39 is 0 Å². The van der Waals surface area contributed by atoms with E-state index in [2.05, 4.69) is 24.1 Å². The van der Waals surface area contributed by atoms with E-state index >= 15 is 0 Å². The molecule has 1 fully saturated rings. The van der Waals surface area contributed by atoms with Gasteiger partial charge in [0.2, 0.25) is 11.8 Å². The third kappa shape index (κ3) is 3.90. The van der Waals surface area contributed by atoms with Crippen molar-refractivity contribution in [2.45, 2.75) is 46.0 Å². The summed E-state index contributed by atoms with van der Waals surface area (Å²) in [4.78, 5) is 30.5. The topological polar surface area (TPSA) is 62.3 Å². The second kappa shape index (κ2) is 7.35. The summed E-state index contributed by atoms with van der Waals surface area (Å²) >= 11 is 1.42. The van der Waals surface area contributed by atoms with Gasteiger partial charge in [-0.1, -0.05) is 32.0 Å². The zero-order valence-corrected chi connectivity index (χ0v) is 15.7. The van der Waals surface area contributed by atoms with Gasteiger partial charge in [-0.05, 0) is 30.4 Å². The van der Waals surface area contributed by atoms with Crippen LogP contribution in [-0.2, 0) is 16.0 Å². The molecule has 1 aromatic heterocycles. The number of carbonyl (C=O) groups excluding carboxylic acids is 2. The fraction of sp³-hybridized carbons (Fsp3) is 0.421. The molecule has 5 nitrogen and oxygen atoms in total. The van der Waals surface area contributed by atoms with Gasteiger partial charge in [-0.25, -0.2) is 4.98 Å². The Kier molecular flexibility index (Phi) is 5.18. The molecule has 1 aliphatic heterocycles. The molecular formula is C19H23N3O2S. The van der Waals surface area contributed by atoms with Crippen molar-refractivity contribution in [1.82, 2.24) is 4.98 Å². The van der Waals surface area contributed by atoms with E-state index in [0.717, 1.165) is 29.8 Å². The normalized spacial score (nSPS) is 14.4. The van der Waals surface area contributed by atoms with Crippen LogP contribution in [0.1, 0.15) is 49.4 Å². The van der Waals surface area contributed by atoms with E-state index in [4.69, 9.17) is 0 Å². The average molecular weight is 357 g/mol. The minimum absolute atomic E-state index is 0.0826.